The molecule has 1 fully saturated rings. The molecule has 0 amide bonds. The number of para-hydroxylation sites is 2. The van der Waals surface area contributed by atoms with Crippen molar-refractivity contribution in [3.63, 3.8) is 0 Å². The highest BCUT2D eigenvalue weighted by Gasteiger charge is 2.68. The van der Waals surface area contributed by atoms with Gasteiger partial charge in [0.1, 0.15) is 5.82 Å². The summed E-state index contributed by atoms with van der Waals surface area (Å²) in [7, 11) is 0. The van der Waals surface area contributed by atoms with Crippen LogP contribution >= 0.6 is 0 Å². The summed E-state index contributed by atoms with van der Waals surface area (Å²) in [4.78, 5) is 7.45. The fraction of sp³-hybridized carbons (Fsp3) is 0.417. The second-order valence-electron chi connectivity index (χ2n) is 4.74. The molecule has 3 rings (SSSR count). The number of H-pyrrole nitrogens is 1. The number of aryl methyl sites for hydroxylation is 1. The van der Waals surface area contributed by atoms with Gasteiger partial charge >= 0.3 is 0 Å². The maximum Gasteiger partial charge on any atom is 0.267 e. The third-order valence-electron chi connectivity index (χ3n) is 3.39. The number of benzene rings is 1. The number of halogens is 2. The minimum Gasteiger partial charge on any atom is -0.342 e. The van der Waals surface area contributed by atoms with Gasteiger partial charge in [0.15, 0.2) is 0 Å². The largest absolute Gasteiger partial charge is 0.342 e. The first-order valence-corrected chi connectivity index (χ1v) is 5.61. The number of hydrogen-bond acceptors (Lipinski definition) is 2. The third-order valence-corrected chi connectivity index (χ3v) is 3.39. The van der Waals surface area contributed by atoms with Gasteiger partial charge in [0, 0.05) is 12.8 Å². The van der Waals surface area contributed by atoms with E-state index in [0.29, 0.717) is 6.42 Å². The fourth-order valence-corrected chi connectivity index (χ4v) is 2.09. The van der Waals surface area contributed by atoms with Crippen molar-refractivity contribution in [1.29, 1.82) is 0 Å². The van der Waals surface area contributed by atoms with Crippen molar-refractivity contribution in [2.45, 2.75) is 30.7 Å². The Kier molecular flexibility index (Phi) is 2.04. The molecule has 1 unspecified atom stereocenters. The van der Waals surface area contributed by atoms with Gasteiger partial charge in [0.2, 0.25) is 0 Å². The predicted octanol–water partition coefficient (Wildman–Crippen LogP) is 2.23. The number of rotatable bonds is 3. The number of fused-ring (bicyclic) bond motifs is 1. The SMILES string of the molecule is NC1(CCc2nc3ccccc3[nH]2)CC1(F)F. The molecule has 17 heavy (non-hydrogen) atoms. The number of nitrogens with zero attached hydrogens (tertiary/aromatic N) is 1. The molecule has 1 heterocycles. The summed E-state index contributed by atoms with van der Waals surface area (Å²) in [6.07, 6.45) is 0.515. The molecule has 3 nitrogen and oxygen atoms in total. The Bertz CT molecular complexity index is 531. The maximum atomic E-state index is 12.9. The van der Waals surface area contributed by atoms with Gasteiger partial charge in [-0.1, -0.05) is 12.1 Å². The van der Waals surface area contributed by atoms with E-state index in [0.717, 1.165) is 16.9 Å². The lowest BCUT2D eigenvalue weighted by Crippen LogP contribution is -2.30. The molecule has 1 saturated carbocycles. The summed E-state index contributed by atoms with van der Waals surface area (Å²) in [5.41, 5.74) is 6.05. The van der Waals surface area contributed by atoms with Crippen LogP contribution in [0.5, 0.6) is 0 Å². The molecular weight excluding hydrogens is 224 g/mol. The van der Waals surface area contributed by atoms with E-state index in [1.165, 1.54) is 0 Å². The smallest absolute Gasteiger partial charge is 0.267 e. The lowest BCUT2D eigenvalue weighted by molar-refractivity contribution is 0.0872. The number of alkyl halides is 2. The molecule has 1 aromatic carbocycles. The molecule has 90 valence electrons. The van der Waals surface area contributed by atoms with Crippen LogP contribution in [0.25, 0.3) is 11.0 Å². The minimum atomic E-state index is -2.70. The first-order valence-electron chi connectivity index (χ1n) is 5.61. The van der Waals surface area contributed by atoms with Gasteiger partial charge < -0.3 is 10.7 Å². The fourth-order valence-electron chi connectivity index (χ4n) is 2.09. The van der Waals surface area contributed by atoms with E-state index in [4.69, 9.17) is 5.73 Å². The highest BCUT2D eigenvalue weighted by Crippen LogP contribution is 2.53. The van der Waals surface area contributed by atoms with E-state index in [1.54, 1.807) is 0 Å². The second kappa shape index (κ2) is 3.26. The summed E-state index contributed by atoms with van der Waals surface area (Å²) >= 11 is 0. The standard InChI is InChI=1S/C12H13F2N3/c13-12(14)7-11(12,15)6-5-10-16-8-3-1-2-4-9(8)17-10/h1-4H,5-7,15H2,(H,16,17). The van der Waals surface area contributed by atoms with Crippen LogP contribution in [-0.2, 0) is 6.42 Å². The van der Waals surface area contributed by atoms with E-state index in [9.17, 15) is 8.78 Å². The van der Waals surface area contributed by atoms with Crippen LogP contribution in [0.1, 0.15) is 18.7 Å². The van der Waals surface area contributed by atoms with E-state index in [-0.39, 0.29) is 12.8 Å². The van der Waals surface area contributed by atoms with Gasteiger partial charge in [-0.05, 0) is 18.6 Å². The van der Waals surface area contributed by atoms with Crippen LogP contribution in [-0.4, -0.2) is 21.4 Å². The van der Waals surface area contributed by atoms with Crippen LogP contribution in [0.2, 0.25) is 0 Å². The zero-order valence-corrected chi connectivity index (χ0v) is 9.21. The molecule has 0 radical (unpaired) electrons. The lowest BCUT2D eigenvalue weighted by Gasteiger charge is -2.07. The molecule has 0 spiro atoms. The first-order chi connectivity index (χ1) is 8.00. The summed E-state index contributed by atoms with van der Waals surface area (Å²) in [5, 5.41) is 0. The molecule has 3 N–H and O–H groups in total. The first kappa shape index (κ1) is 10.7. The average Bonchev–Trinajstić information content (AvgIpc) is 2.64. The van der Waals surface area contributed by atoms with Gasteiger partial charge in [-0.2, -0.15) is 0 Å². The summed E-state index contributed by atoms with van der Waals surface area (Å²) in [6.45, 7) is 0. The molecule has 5 heteroatoms. The lowest BCUT2D eigenvalue weighted by atomic mass is 10.1. The Morgan fingerprint density at radius 1 is 1.35 bits per heavy atom. The van der Waals surface area contributed by atoms with E-state index in [1.807, 2.05) is 24.3 Å². The molecule has 0 saturated heterocycles. The Labute approximate surface area is 97.0 Å². The second-order valence-corrected chi connectivity index (χ2v) is 4.74. The van der Waals surface area contributed by atoms with Gasteiger partial charge in [-0.25, -0.2) is 13.8 Å². The van der Waals surface area contributed by atoms with Crippen molar-refractivity contribution < 1.29 is 8.78 Å². The van der Waals surface area contributed by atoms with E-state index in [2.05, 4.69) is 9.97 Å². The highest BCUT2D eigenvalue weighted by molar-refractivity contribution is 5.74. The Morgan fingerprint density at radius 2 is 2.06 bits per heavy atom. The van der Waals surface area contributed by atoms with Crippen LogP contribution in [0.3, 0.4) is 0 Å². The van der Waals surface area contributed by atoms with Crippen LogP contribution in [0.4, 0.5) is 8.78 Å². The monoisotopic (exact) mass is 237 g/mol. The number of aromatic amines is 1. The Hall–Kier alpha value is -1.49. The number of nitrogens with two attached hydrogens (primary N) is 1. The molecule has 1 aliphatic carbocycles. The summed E-state index contributed by atoms with van der Waals surface area (Å²) in [5.74, 6) is -1.97. The topological polar surface area (TPSA) is 54.7 Å². The number of hydrogen-bond donors (Lipinski definition) is 2. The molecule has 1 atom stereocenters. The minimum absolute atomic E-state index is 0.208. The van der Waals surface area contributed by atoms with Crippen molar-refractivity contribution in [1.82, 2.24) is 9.97 Å². The Morgan fingerprint density at radius 3 is 2.71 bits per heavy atom. The third kappa shape index (κ3) is 1.70. The van der Waals surface area contributed by atoms with Crippen molar-refractivity contribution in [3.8, 4) is 0 Å². The van der Waals surface area contributed by atoms with Crippen LogP contribution in [0.15, 0.2) is 24.3 Å². The maximum absolute atomic E-state index is 12.9. The van der Waals surface area contributed by atoms with Gasteiger partial charge in [0.25, 0.3) is 5.92 Å². The zero-order chi connectivity index (χ0) is 12.1. The van der Waals surface area contributed by atoms with Gasteiger partial charge in [-0.3, -0.25) is 0 Å². The van der Waals surface area contributed by atoms with Crippen molar-refractivity contribution >= 4 is 11.0 Å². The van der Waals surface area contributed by atoms with E-state index < -0.39 is 11.5 Å². The zero-order valence-electron chi connectivity index (χ0n) is 9.21. The summed E-state index contributed by atoms with van der Waals surface area (Å²) < 4.78 is 25.9. The molecule has 1 aliphatic rings. The quantitative estimate of drug-likeness (QED) is 0.860. The van der Waals surface area contributed by atoms with Crippen LogP contribution < -0.4 is 5.73 Å². The summed E-state index contributed by atoms with van der Waals surface area (Å²) in [6, 6.07) is 7.60. The molecule has 0 bridgehead atoms. The van der Waals surface area contributed by atoms with Gasteiger partial charge in [0.05, 0.1) is 16.6 Å². The Balaban J connectivity index is 1.74. The predicted molar refractivity (Wildman–Crippen MR) is 60.9 cm³/mol. The number of aromatic nitrogens is 2. The van der Waals surface area contributed by atoms with E-state index >= 15 is 0 Å². The van der Waals surface area contributed by atoms with Crippen molar-refractivity contribution in [2.75, 3.05) is 0 Å². The number of nitrogens with one attached hydrogen (secondary N) is 1. The number of imidazole rings is 1. The van der Waals surface area contributed by atoms with Crippen molar-refractivity contribution in [2.24, 2.45) is 5.73 Å². The van der Waals surface area contributed by atoms with Crippen LogP contribution in [0, 0.1) is 0 Å². The molecular formula is C12H13F2N3. The highest BCUT2D eigenvalue weighted by atomic mass is 19.3. The van der Waals surface area contributed by atoms with Gasteiger partial charge in [-0.15, -0.1) is 0 Å². The molecule has 0 aliphatic heterocycles. The average molecular weight is 237 g/mol. The molecule has 2 aromatic rings. The normalized spacial score (nSPS) is 26.3. The van der Waals surface area contributed by atoms with Crippen molar-refractivity contribution in [3.05, 3.63) is 30.1 Å². The molecule has 1 aromatic heterocycles.